The predicted octanol–water partition coefficient (Wildman–Crippen LogP) is 4.64. The molecule has 0 aliphatic carbocycles. The molecule has 0 spiro atoms. The molecule has 0 heterocycles. The number of ether oxygens (including phenoxy) is 1. The Morgan fingerprint density at radius 3 is 1.63 bits per heavy atom. The van der Waals surface area contributed by atoms with Crippen molar-refractivity contribution >= 4 is 10.1 Å². The van der Waals surface area contributed by atoms with Crippen LogP contribution in [-0.2, 0) is 14.9 Å². The average molecular weight is 381 g/mol. The van der Waals surface area contributed by atoms with Crippen LogP contribution in [0.4, 0.5) is 0 Å². The van der Waals surface area contributed by atoms with Crippen molar-refractivity contribution in [2.24, 2.45) is 0 Å². The first-order chi connectivity index (χ1) is 12.8. The molecule has 0 fully saturated rings. The molecule has 0 aliphatic rings. The monoisotopic (exact) mass is 381 g/mol. The van der Waals surface area contributed by atoms with Crippen molar-refractivity contribution in [3.8, 4) is 16.9 Å². The molecule has 0 aliphatic heterocycles. The Balaban J connectivity index is 2.05. The number of benzene rings is 3. The van der Waals surface area contributed by atoms with E-state index in [2.05, 4.69) is 6.92 Å². The van der Waals surface area contributed by atoms with Crippen molar-refractivity contribution < 1.29 is 17.7 Å². The summed E-state index contributed by atoms with van der Waals surface area (Å²) in [4.78, 5) is 0. The van der Waals surface area contributed by atoms with Crippen LogP contribution < -0.4 is 4.74 Å². The van der Waals surface area contributed by atoms with Gasteiger partial charge in [-0.15, -0.1) is 0 Å². The summed E-state index contributed by atoms with van der Waals surface area (Å²) in [5, 5.41) is 0. The van der Waals surface area contributed by atoms with Crippen LogP contribution >= 0.6 is 0 Å². The summed E-state index contributed by atoms with van der Waals surface area (Å²) >= 11 is 0. The number of rotatable bonds is 5. The van der Waals surface area contributed by atoms with Gasteiger partial charge in [-0.25, -0.2) is 0 Å². The topological polar surface area (TPSA) is 63.6 Å². The Hall–Kier alpha value is -2.63. The van der Waals surface area contributed by atoms with Crippen LogP contribution in [0.5, 0.6) is 5.75 Å². The first-order valence-electron chi connectivity index (χ1n) is 8.40. The highest BCUT2D eigenvalue weighted by atomic mass is 32.2. The Bertz CT molecular complexity index is 1020. The van der Waals surface area contributed by atoms with Crippen LogP contribution in [0.15, 0.2) is 72.8 Å². The zero-order valence-electron chi connectivity index (χ0n) is 15.2. The fourth-order valence-corrected chi connectivity index (χ4v) is 3.87. The van der Waals surface area contributed by atoms with Gasteiger partial charge in [-0.2, -0.15) is 8.42 Å². The minimum Gasteiger partial charge on any atom is -0.497 e. The number of aryl methyl sites for hydroxylation is 1. The van der Waals surface area contributed by atoms with Gasteiger partial charge in [-0.3, -0.25) is 4.55 Å². The molecule has 5 heteroatoms. The first kappa shape index (κ1) is 19.1. The van der Waals surface area contributed by atoms with E-state index in [0.29, 0.717) is 11.1 Å². The molecule has 4 nitrogen and oxygen atoms in total. The standard InChI is InChI=1S/C22H21O4S/c1-16-4-10-19(11-5-16)22(2,27(23,24)25)20-12-6-17(7-13-20)18-8-14-21(26-3)15-9-18/h4-15H,2H2,1,3H3,(H,23,24,25). The third-order valence-corrected chi connectivity index (χ3v) is 6.08. The smallest absolute Gasteiger partial charge is 0.279 e. The molecule has 0 bridgehead atoms. The van der Waals surface area contributed by atoms with Crippen LogP contribution in [0.25, 0.3) is 11.1 Å². The molecule has 1 N–H and O–H groups in total. The zero-order chi connectivity index (χ0) is 19.7. The van der Waals surface area contributed by atoms with Gasteiger partial charge in [0.1, 0.15) is 10.5 Å². The Kier molecular flexibility index (Phi) is 5.09. The van der Waals surface area contributed by atoms with Crippen LogP contribution in [0.2, 0.25) is 0 Å². The maximum absolute atomic E-state index is 12.2. The molecule has 3 rings (SSSR count). The minimum atomic E-state index is -4.50. The molecule has 1 atom stereocenters. The molecule has 1 radical (unpaired) electrons. The van der Waals surface area contributed by atoms with E-state index in [-0.39, 0.29) is 0 Å². The summed E-state index contributed by atoms with van der Waals surface area (Å²) in [5.41, 5.74) is 3.69. The van der Waals surface area contributed by atoms with E-state index < -0.39 is 14.9 Å². The molecule has 139 valence electrons. The normalized spacial score (nSPS) is 13.8. The Morgan fingerprint density at radius 2 is 1.22 bits per heavy atom. The lowest BCUT2D eigenvalue weighted by atomic mass is 9.90. The van der Waals surface area contributed by atoms with E-state index in [1.165, 1.54) is 0 Å². The summed E-state index contributed by atoms with van der Waals surface area (Å²) in [5.74, 6) is 0.762. The van der Waals surface area contributed by atoms with Gasteiger partial charge in [0.05, 0.1) is 7.11 Å². The first-order valence-corrected chi connectivity index (χ1v) is 9.84. The van der Waals surface area contributed by atoms with E-state index in [1.54, 1.807) is 43.5 Å². The van der Waals surface area contributed by atoms with E-state index in [4.69, 9.17) is 4.74 Å². The summed E-state index contributed by atoms with van der Waals surface area (Å²) in [6.07, 6.45) is 0. The fourth-order valence-electron chi connectivity index (χ4n) is 3.00. The Morgan fingerprint density at radius 1 is 0.815 bits per heavy atom. The van der Waals surface area contributed by atoms with Gasteiger partial charge in [0.15, 0.2) is 0 Å². The van der Waals surface area contributed by atoms with Gasteiger partial charge < -0.3 is 4.74 Å². The molecule has 0 saturated heterocycles. The highest BCUT2D eigenvalue weighted by molar-refractivity contribution is 7.87. The molecule has 27 heavy (non-hydrogen) atoms. The summed E-state index contributed by atoms with van der Waals surface area (Å²) in [6, 6.07) is 21.5. The summed E-state index contributed by atoms with van der Waals surface area (Å²) < 4.78 is 37.8. The van der Waals surface area contributed by atoms with Crippen molar-refractivity contribution in [3.05, 3.63) is 96.4 Å². The lowest BCUT2D eigenvalue weighted by Gasteiger charge is -2.27. The molecule has 0 aromatic heterocycles. The maximum Gasteiger partial charge on any atom is 0.279 e. The van der Waals surface area contributed by atoms with Gasteiger partial charge in [0, 0.05) is 0 Å². The van der Waals surface area contributed by atoms with E-state index in [0.717, 1.165) is 22.4 Å². The minimum absolute atomic E-state index is 0.395. The third-order valence-electron chi connectivity index (χ3n) is 4.73. The van der Waals surface area contributed by atoms with Gasteiger partial charge in [-0.1, -0.05) is 66.2 Å². The van der Waals surface area contributed by atoms with E-state index in [9.17, 15) is 13.0 Å². The highest BCUT2D eigenvalue weighted by Crippen LogP contribution is 2.37. The molecular formula is C22H21O4S. The quantitative estimate of drug-likeness (QED) is 0.654. The second kappa shape index (κ2) is 7.18. The van der Waals surface area contributed by atoms with Gasteiger partial charge in [-0.05, 0) is 48.2 Å². The van der Waals surface area contributed by atoms with Gasteiger partial charge >= 0.3 is 0 Å². The SMILES string of the molecule is [CH2]C(c1ccc(C)cc1)(c1ccc(-c2ccc(OC)cc2)cc1)S(=O)(=O)O. The molecule has 0 saturated carbocycles. The van der Waals surface area contributed by atoms with Gasteiger partial charge in [0.25, 0.3) is 10.1 Å². The van der Waals surface area contributed by atoms with Gasteiger partial charge in [0.2, 0.25) is 0 Å². The number of methoxy groups -OCH3 is 1. The largest absolute Gasteiger partial charge is 0.497 e. The van der Waals surface area contributed by atoms with Crippen molar-refractivity contribution in [3.63, 3.8) is 0 Å². The van der Waals surface area contributed by atoms with E-state index in [1.807, 2.05) is 43.3 Å². The fraction of sp³-hybridized carbons (Fsp3) is 0.136. The number of hydrogen-bond acceptors (Lipinski definition) is 3. The molecular weight excluding hydrogens is 360 g/mol. The molecule has 0 amide bonds. The molecule has 3 aromatic rings. The summed E-state index contributed by atoms with van der Waals surface area (Å²) in [7, 11) is -2.89. The van der Waals surface area contributed by atoms with Crippen molar-refractivity contribution in [1.82, 2.24) is 0 Å². The highest BCUT2D eigenvalue weighted by Gasteiger charge is 2.41. The molecule has 3 aromatic carbocycles. The van der Waals surface area contributed by atoms with Crippen molar-refractivity contribution in [2.45, 2.75) is 11.7 Å². The Labute approximate surface area is 160 Å². The number of hydrogen-bond donors (Lipinski definition) is 1. The maximum atomic E-state index is 12.2. The van der Waals surface area contributed by atoms with E-state index >= 15 is 0 Å². The lowest BCUT2D eigenvalue weighted by molar-refractivity contribution is 0.415. The van der Waals surface area contributed by atoms with Crippen LogP contribution in [0, 0.1) is 13.8 Å². The van der Waals surface area contributed by atoms with Crippen LogP contribution in [0.1, 0.15) is 16.7 Å². The van der Waals surface area contributed by atoms with Crippen molar-refractivity contribution in [1.29, 1.82) is 0 Å². The lowest BCUT2D eigenvalue weighted by Crippen LogP contribution is -2.33. The predicted molar refractivity (Wildman–Crippen MR) is 107 cm³/mol. The van der Waals surface area contributed by atoms with Crippen LogP contribution in [0.3, 0.4) is 0 Å². The second-order valence-electron chi connectivity index (χ2n) is 6.47. The zero-order valence-corrected chi connectivity index (χ0v) is 16.0. The van der Waals surface area contributed by atoms with Crippen LogP contribution in [-0.4, -0.2) is 20.1 Å². The average Bonchev–Trinajstić information content (AvgIpc) is 2.67. The molecule has 1 unspecified atom stereocenters. The second-order valence-corrected chi connectivity index (χ2v) is 8.12. The van der Waals surface area contributed by atoms with Crippen molar-refractivity contribution in [2.75, 3.05) is 7.11 Å². The summed E-state index contributed by atoms with van der Waals surface area (Å²) in [6.45, 7) is 5.79. The third kappa shape index (κ3) is 3.61.